The number of nitrogens with one attached hydrogen (secondary N) is 1. The van der Waals surface area contributed by atoms with Crippen LogP contribution in [-0.2, 0) is 19.4 Å². The molecule has 29 heavy (non-hydrogen) atoms. The monoisotopic (exact) mass is 426 g/mol. The van der Waals surface area contributed by atoms with E-state index in [0.29, 0.717) is 6.42 Å². The van der Waals surface area contributed by atoms with Crippen LogP contribution in [0.5, 0.6) is 0 Å². The molecule has 1 aliphatic carbocycles. The third-order valence-electron chi connectivity index (χ3n) is 5.68. The fourth-order valence-electron chi connectivity index (χ4n) is 4.23. The Morgan fingerprint density at radius 3 is 2.52 bits per heavy atom. The zero-order valence-electron chi connectivity index (χ0n) is 16.5. The van der Waals surface area contributed by atoms with Gasteiger partial charge in [0.05, 0.1) is 36.4 Å². The van der Waals surface area contributed by atoms with Crippen molar-refractivity contribution in [2.24, 2.45) is 0 Å². The zero-order valence-corrected chi connectivity index (χ0v) is 17.3. The van der Waals surface area contributed by atoms with Gasteiger partial charge < -0.3 is 15.0 Å². The smallest absolute Gasteiger partial charge is 0.337 e. The highest BCUT2D eigenvalue weighted by atomic mass is 32.2. The van der Waals surface area contributed by atoms with Gasteiger partial charge in [-0.15, -0.1) is 0 Å². The van der Waals surface area contributed by atoms with Gasteiger partial charge in [-0.05, 0) is 37.5 Å². The topological polar surface area (TPSA) is 92.8 Å². The number of amides is 1. The van der Waals surface area contributed by atoms with Gasteiger partial charge in [0.2, 0.25) is 5.91 Å². The second-order valence-electron chi connectivity index (χ2n) is 7.69. The molecule has 0 aromatic heterocycles. The van der Waals surface area contributed by atoms with E-state index in [1.165, 1.54) is 19.2 Å². The highest BCUT2D eigenvalue weighted by Gasteiger charge is 2.38. The average molecular weight is 427 g/mol. The molecule has 1 aliphatic heterocycles. The van der Waals surface area contributed by atoms with Crippen LogP contribution >= 0.6 is 0 Å². The molecule has 0 radical (unpaired) electrons. The number of ether oxygens (including phenoxy) is 1. The lowest BCUT2D eigenvalue weighted by Crippen LogP contribution is -2.50. The van der Waals surface area contributed by atoms with Gasteiger partial charge in [0.15, 0.2) is 9.84 Å². The van der Waals surface area contributed by atoms with Crippen LogP contribution in [0.15, 0.2) is 18.2 Å². The molecule has 1 saturated carbocycles. The highest BCUT2D eigenvalue weighted by Crippen LogP contribution is 2.28. The first-order chi connectivity index (χ1) is 13.8. The summed E-state index contributed by atoms with van der Waals surface area (Å²) in [7, 11) is -1.89. The molecule has 160 valence electrons. The number of sulfone groups is 1. The zero-order chi connectivity index (χ0) is 21.0. The molecule has 0 spiro atoms. The summed E-state index contributed by atoms with van der Waals surface area (Å²) < 4.78 is 42.7. The van der Waals surface area contributed by atoms with E-state index in [-0.39, 0.29) is 47.3 Å². The van der Waals surface area contributed by atoms with Crippen LogP contribution in [0.2, 0.25) is 0 Å². The number of esters is 1. The highest BCUT2D eigenvalue weighted by molar-refractivity contribution is 7.91. The minimum absolute atomic E-state index is 0.0125. The first-order valence-corrected chi connectivity index (χ1v) is 11.8. The largest absolute Gasteiger partial charge is 0.465 e. The Morgan fingerprint density at radius 1 is 1.17 bits per heavy atom. The van der Waals surface area contributed by atoms with Gasteiger partial charge in [-0.2, -0.15) is 0 Å². The Labute approximate surface area is 170 Å². The molecule has 3 rings (SSSR count). The number of benzene rings is 1. The number of nitrogens with zero attached hydrogens (tertiary/aromatic N) is 1. The number of hydrogen-bond donors (Lipinski definition) is 1. The predicted octanol–water partition coefficient (Wildman–Crippen LogP) is 2.37. The molecule has 1 heterocycles. The molecular weight excluding hydrogens is 399 g/mol. The quantitative estimate of drug-likeness (QED) is 0.702. The van der Waals surface area contributed by atoms with E-state index in [9.17, 15) is 22.4 Å². The molecule has 1 N–H and O–H groups in total. The number of hydrogen-bond acceptors (Lipinski definition) is 6. The normalized spacial score (nSPS) is 21.5. The van der Waals surface area contributed by atoms with Gasteiger partial charge >= 0.3 is 5.97 Å². The van der Waals surface area contributed by atoms with Crippen molar-refractivity contribution in [3.63, 3.8) is 0 Å². The first kappa shape index (κ1) is 21.5. The Hall–Kier alpha value is -2.16. The lowest BCUT2D eigenvalue weighted by molar-refractivity contribution is -0.134. The molecule has 9 heteroatoms. The number of halogens is 1. The number of anilines is 1. The maximum Gasteiger partial charge on any atom is 0.337 e. The van der Waals surface area contributed by atoms with E-state index in [4.69, 9.17) is 0 Å². The molecule has 1 saturated heterocycles. The third-order valence-corrected chi connectivity index (χ3v) is 7.43. The molecule has 1 aromatic rings. The Bertz CT molecular complexity index is 868. The molecule has 1 aromatic carbocycles. The lowest BCUT2D eigenvalue weighted by Gasteiger charge is -2.38. The third kappa shape index (κ3) is 5.26. The van der Waals surface area contributed by atoms with E-state index in [1.807, 2.05) is 0 Å². The van der Waals surface area contributed by atoms with Crippen LogP contribution < -0.4 is 5.32 Å². The van der Waals surface area contributed by atoms with Crippen molar-refractivity contribution < 1.29 is 27.1 Å². The molecule has 2 fully saturated rings. The molecule has 1 unspecified atom stereocenters. The van der Waals surface area contributed by atoms with Gasteiger partial charge in [-0.1, -0.05) is 19.3 Å². The molecule has 0 bridgehead atoms. The summed E-state index contributed by atoms with van der Waals surface area (Å²) in [5.74, 6) is -1.35. The van der Waals surface area contributed by atoms with Crippen molar-refractivity contribution in [2.75, 3.05) is 30.5 Å². The van der Waals surface area contributed by atoms with Crippen molar-refractivity contribution in [3.8, 4) is 0 Å². The SMILES string of the molecule is COC(=O)c1ccc(F)c(NCC(=O)N(C2CCCCC2)C2CCS(=O)(=O)C2)c1. The van der Waals surface area contributed by atoms with E-state index >= 15 is 0 Å². The summed E-state index contributed by atoms with van der Waals surface area (Å²) in [5.41, 5.74) is 0.207. The number of carbonyl (C=O) groups excluding carboxylic acids is 2. The van der Waals surface area contributed by atoms with Crippen LogP contribution in [0.1, 0.15) is 48.9 Å². The van der Waals surface area contributed by atoms with Gasteiger partial charge in [0.1, 0.15) is 5.82 Å². The van der Waals surface area contributed by atoms with Crippen LogP contribution in [-0.4, -0.2) is 62.4 Å². The molecule has 7 nitrogen and oxygen atoms in total. The number of carbonyl (C=O) groups is 2. The van der Waals surface area contributed by atoms with Gasteiger partial charge in [-0.25, -0.2) is 17.6 Å². The summed E-state index contributed by atoms with van der Waals surface area (Å²) in [5, 5.41) is 2.77. The molecule has 1 amide bonds. The molecular formula is C20H27FN2O5S. The summed E-state index contributed by atoms with van der Waals surface area (Å²) in [6.07, 6.45) is 5.29. The number of rotatable bonds is 6. The van der Waals surface area contributed by atoms with Gasteiger partial charge in [-0.3, -0.25) is 4.79 Å². The van der Waals surface area contributed by atoms with E-state index in [0.717, 1.165) is 38.2 Å². The molecule has 2 aliphatic rings. The van der Waals surface area contributed by atoms with Crippen LogP contribution in [0.3, 0.4) is 0 Å². The summed E-state index contributed by atoms with van der Waals surface area (Å²) in [6.45, 7) is -0.172. The Balaban J connectivity index is 1.74. The van der Waals surface area contributed by atoms with Gasteiger partial charge in [0, 0.05) is 12.1 Å². The maximum absolute atomic E-state index is 14.1. The fourth-order valence-corrected chi connectivity index (χ4v) is 5.94. The molecule has 1 atom stereocenters. The minimum atomic E-state index is -3.13. The van der Waals surface area contributed by atoms with E-state index < -0.39 is 21.6 Å². The minimum Gasteiger partial charge on any atom is -0.465 e. The lowest BCUT2D eigenvalue weighted by atomic mass is 9.93. The van der Waals surface area contributed by atoms with E-state index in [2.05, 4.69) is 10.1 Å². The predicted molar refractivity (Wildman–Crippen MR) is 107 cm³/mol. The standard InChI is InChI=1S/C20H27FN2O5S/c1-28-20(25)14-7-8-17(21)18(11-14)22-12-19(24)23(15-5-3-2-4-6-15)16-9-10-29(26,27)13-16/h7-8,11,15-16,22H,2-6,9-10,12-13H2,1H3. The van der Waals surface area contributed by atoms with Crippen molar-refractivity contribution in [3.05, 3.63) is 29.6 Å². The van der Waals surface area contributed by atoms with Crippen molar-refractivity contribution in [2.45, 2.75) is 50.6 Å². The Kier molecular flexibility index (Phi) is 6.77. The van der Waals surface area contributed by atoms with Crippen LogP contribution in [0, 0.1) is 5.82 Å². The summed E-state index contributed by atoms with van der Waals surface area (Å²) >= 11 is 0. The van der Waals surface area contributed by atoms with Crippen molar-refractivity contribution in [1.29, 1.82) is 0 Å². The van der Waals surface area contributed by atoms with Crippen LogP contribution in [0.4, 0.5) is 10.1 Å². The second kappa shape index (κ2) is 9.11. The summed E-state index contributed by atoms with van der Waals surface area (Å²) in [4.78, 5) is 26.4. The first-order valence-electron chi connectivity index (χ1n) is 9.94. The van der Waals surface area contributed by atoms with Crippen molar-refractivity contribution in [1.82, 2.24) is 4.90 Å². The maximum atomic E-state index is 14.1. The Morgan fingerprint density at radius 2 is 1.90 bits per heavy atom. The fraction of sp³-hybridized carbons (Fsp3) is 0.600. The van der Waals surface area contributed by atoms with Crippen molar-refractivity contribution >= 4 is 27.4 Å². The number of methoxy groups -OCH3 is 1. The summed E-state index contributed by atoms with van der Waals surface area (Å²) in [6, 6.07) is 3.44. The van der Waals surface area contributed by atoms with Gasteiger partial charge in [0.25, 0.3) is 0 Å². The van der Waals surface area contributed by atoms with E-state index in [1.54, 1.807) is 4.90 Å². The second-order valence-corrected chi connectivity index (χ2v) is 9.92. The van der Waals surface area contributed by atoms with Crippen LogP contribution in [0.25, 0.3) is 0 Å². The average Bonchev–Trinajstić information content (AvgIpc) is 3.07.